The number of hydrogen-bond acceptors (Lipinski definition) is 4. The average molecular weight is 281 g/mol. The van der Waals surface area contributed by atoms with Crippen molar-refractivity contribution < 1.29 is 9.53 Å². The minimum absolute atomic E-state index is 0.156. The molecule has 0 aliphatic carbocycles. The number of ether oxygens (including phenoxy) is 1. The molecule has 0 aromatic carbocycles. The maximum atomic E-state index is 12.0. The van der Waals surface area contributed by atoms with Crippen LogP contribution in [0, 0.1) is 0 Å². The van der Waals surface area contributed by atoms with Gasteiger partial charge in [0.1, 0.15) is 5.37 Å². The van der Waals surface area contributed by atoms with Crippen LogP contribution in [0.3, 0.4) is 0 Å². The van der Waals surface area contributed by atoms with E-state index in [1.165, 1.54) is 0 Å². The lowest BCUT2D eigenvalue weighted by molar-refractivity contribution is -0.128. The van der Waals surface area contributed by atoms with E-state index in [-0.39, 0.29) is 11.3 Å². The molecule has 1 aromatic rings. The minimum atomic E-state index is 0.156. The number of H-pyrrole nitrogens is 1. The van der Waals surface area contributed by atoms with Gasteiger partial charge in [-0.25, -0.2) is 0 Å². The topological polar surface area (TPSA) is 48.6 Å². The van der Waals surface area contributed by atoms with Crippen molar-refractivity contribution in [3.63, 3.8) is 0 Å². The first kappa shape index (κ1) is 13.0. The molecule has 2 saturated heterocycles. The Morgan fingerprint density at radius 2 is 2.21 bits per heavy atom. The van der Waals surface area contributed by atoms with Crippen molar-refractivity contribution in [3.05, 3.63) is 24.0 Å². The van der Waals surface area contributed by atoms with Gasteiger partial charge in [-0.05, 0) is 12.1 Å². The lowest BCUT2D eigenvalue weighted by atomic mass is 10.3. The Hall–Kier alpha value is -0.980. The molecule has 1 amide bonds. The molecule has 5 nitrogen and oxygen atoms in total. The number of nitrogens with zero attached hydrogens (tertiary/aromatic N) is 2. The maximum absolute atomic E-state index is 12.0. The quantitative estimate of drug-likeness (QED) is 0.891. The highest BCUT2D eigenvalue weighted by atomic mass is 32.2. The van der Waals surface area contributed by atoms with E-state index in [1.807, 2.05) is 17.2 Å². The van der Waals surface area contributed by atoms with Crippen LogP contribution in [-0.2, 0) is 9.53 Å². The third kappa shape index (κ3) is 2.96. The van der Waals surface area contributed by atoms with Crippen LogP contribution in [0.4, 0.5) is 0 Å². The van der Waals surface area contributed by atoms with E-state index >= 15 is 0 Å². The smallest absolute Gasteiger partial charge is 0.233 e. The zero-order chi connectivity index (χ0) is 13.1. The maximum Gasteiger partial charge on any atom is 0.233 e. The highest BCUT2D eigenvalue weighted by molar-refractivity contribution is 8.00. The van der Waals surface area contributed by atoms with Gasteiger partial charge in [-0.15, -0.1) is 11.8 Å². The highest BCUT2D eigenvalue weighted by Crippen LogP contribution is 2.37. The van der Waals surface area contributed by atoms with Crippen LogP contribution < -0.4 is 0 Å². The fourth-order valence-corrected chi connectivity index (χ4v) is 3.72. The monoisotopic (exact) mass is 281 g/mol. The van der Waals surface area contributed by atoms with Gasteiger partial charge in [-0.1, -0.05) is 0 Å². The van der Waals surface area contributed by atoms with Crippen LogP contribution in [0.2, 0.25) is 0 Å². The van der Waals surface area contributed by atoms with E-state index in [0.29, 0.717) is 5.75 Å². The van der Waals surface area contributed by atoms with Crippen molar-refractivity contribution in [1.82, 2.24) is 14.8 Å². The zero-order valence-corrected chi connectivity index (χ0v) is 11.7. The van der Waals surface area contributed by atoms with Crippen molar-refractivity contribution in [2.24, 2.45) is 0 Å². The predicted molar refractivity (Wildman–Crippen MR) is 75.0 cm³/mol. The highest BCUT2D eigenvalue weighted by Gasteiger charge is 2.33. The Bertz CT molecular complexity index is 418. The Morgan fingerprint density at radius 3 is 2.95 bits per heavy atom. The molecule has 3 rings (SSSR count). The van der Waals surface area contributed by atoms with Gasteiger partial charge in [0.15, 0.2) is 0 Å². The summed E-state index contributed by atoms with van der Waals surface area (Å²) < 4.78 is 5.34. The molecule has 6 heteroatoms. The lowest BCUT2D eigenvalue weighted by Crippen LogP contribution is -2.42. The van der Waals surface area contributed by atoms with Gasteiger partial charge in [-0.3, -0.25) is 9.69 Å². The van der Waals surface area contributed by atoms with Gasteiger partial charge < -0.3 is 14.6 Å². The summed E-state index contributed by atoms with van der Waals surface area (Å²) in [6.07, 6.45) is 1.92. The summed E-state index contributed by atoms with van der Waals surface area (Å²) in [6, 6.07) is 4.04. The number of rotatable bonds is 4. The van der Waals surface area contributed by atoms with E-state index in [0.717, 1.165) is 45.1 Å². The molecule has 0 bridgehead atoms. The van der Waals surface area contributed by atoms with E-state index in [9.17, 15) is 4.79 Å². The molecular weight excluding hydrogens is 262 g/mol. The van der Waals surface area contributed by atoms with Crippen molar-refractivity contribution in [2.45, 2.75) is 5.37 Å². The normalized spacial score (nSPS) is 25.2. The molecule has 2 aliphatic rings. The van der Waals surface area contributed by atoms with Crippen molar-refractivity contribution in [3.8, 4) is 0 Å². The fourth-order valence-electron chi connectivity index (χ4n) is 2.53. The van der Waals surface area contributed by atoms with Gasteiger partial charge in [-0.2, -0.15) is 0 Å². The molecule has 3 heterocycles. The standard InChI is InChI=1S/C13H19N3O2S/c17-12-10-19-13(11-2-1-3-14-11)16(12)5-4-15-6-8-18-9-7-15/h1-3,13-14H,4-10H2. The predicted octanol–water partition coefficient (Wildman–Crippen LogP) is 0.921. The summed E-state index contributed by atoms with van der Waals surface area (Å²) in [7, 11) is 0. The summed E-state index contributed by atoms with van der Waals surface area (Å²) in [5.41, 5.74) is 1.12. The number of amides is 1. The van der Waals surface area contributed by atoms with Crippen LogP contribution in [0.5, 0.6) is 0 Å². The molecule has 19 heavy (non-hydrogen) atoms. The molecule has 104 valence electrons. The molecule has 1 aromatic heterocycles. The number of hydrogen-bond donors (Lipinski definition) is 1. The lowest BCUT2D eigenvalue weighted by Gasteiger charge is -2.30. The summed E-state index contributed by atoms with van der Waals surface area (Å²) in [6.45, 7) is 5.30. The molecule has 0 saturated carbocycles. The van der Waals surface area contributed by atoms with Gasteiger partial charge in [0, 0.05) is 38.1 Å². The van der Waals surface area contributed by atoms with Crippen LogP contribution in [0.25, 0.3) is 0 Å². The number of carbonyl (C=O) groups excluding carboxylic acids is 1. The van der Waals surface area contributed by atoms with Crippen molar-refractivity contribution in [1.29, 1.82) is 0 Å². The van der Waals surface area contributed by atoms with Gasteiger partial charge in [0.05, 0.1) is 19.0 Å². The number of aromatic nitrogens is 1. The zero-order valence-electron chi connectivity index (χ0n) is 10.9. The Balaban J connectivity index is 1.59. The third-order valence-electron chi connectivity index (χ3n) is 3.62. The first-order valence-electron chi connectivity index (χ1n) is 6.69. The molecule has 2 aliphatic heterocycles. The molecule has 1 N–H and O–H groups in total. The van der Waals surface area contributed by atoms with Crippen LogP contribution in [0.1, 0.15) is 11.1 Å². The van der Waals surface area contributed by atoms with E-state index in [1.54, 1.807) is 11.8 Å². The minimum Gasteiger partial charge on any atom is -0.379 e. The first-order valence-corrected chi connectivity index (χ1v) is 7.74. The summed E-state index contributed by atoms with van der Waals surface area (Å²) in [5.74, 6) is 0.838. The number of nitrogens with one attached hydrogen (secondary N) is 1. The molecule has 2 fully saturated rings. The Kier molecular flexibility index (Phi) is 4.10. The second kappa shape index (κ2) is 5.98. The van der Waals surface area contributed by atoms with E-state index in [4.69, 9.17) is 4.74 Å². The SMILES string of the molecule is O=C1CSC(c2ccc[nH]2)N1CCN1CCOCC1. The summed E-state index contributed by atoms with van der Waals surface area (Å²) >= 11 is 1.70. The molecule has 0 radical (unpaired) electrons. The largest absolute Gasteiger partial charge is 0.379 e. The number of carbonyl (C=O) groups is 1. The first-order chi connectivity index (χ1) is 9.34. The Morgan fingerprint density at radius 1 is 1.37 bits per heavy atom. The molecule has 1 unspecified atom stereocenters. The van der Waals surface area contributed by atoms with E-state index < -0.39 is 0 Å². The molecular formula is C13H19N3O2S. The van der Waals surface area contributed by atoms with Crippen LogP contribution in [0.15, 0.2) is 18.3 Å². The summed E-state index contributed by atoms with van der Waals surface area (Å²) in [5, 5.41) is 0.156. The van der Waals surface area contributed by atoms with Crippen LogP contribution >= 0.6 is 11.8 Å². The number of aromatic amines is 1. The number of morpholine rings is 1. The van der Waals surface area contributed by atoms with Gasteiger partial charge >= 0.3 is 0 Å². The number of thioether (sulfide) groups is 1. The van der Waals surface area contributed by atoms with Crippen LogP contribution in [-0.4, -0.2) is 65.8 Å². The van der Waals surface area contributed by atoms with Gasteiger partial charge in [0.2, 0.25) is 5.91 Å². The fraction of sp³-hybridized carbons (Fsp3) is 0.615. The second-order valence-electron chi connectivity index (χ2n) is 4.83. The second-order valence-corrected chi connectivity index (χ2v) is 5.90. The van der Waals surface area contributed by atoms with Gasteiger partial charge in [0.25, 0.3) is 0 Å². The Labute approximate surface area is 117 Å². The molecule has 1 atom stereocenters. The summed E-state index contributed by atoms with van der Waals surface area (Å²) in [4.78, 5) is 19.6. The average Bonchev–Trinajstić information content (AvgIpc) is 3.07. The van der Waals surface area contributed by atoms with E-state index in [2.05, 4.69) is 16.0 Å². The van der Waals surface area contributed by atoms with Crippen molar-refractivity contribution in [2.75, 3.05) is 45.1 Å². The molecule has 0 spiro atoms. The van der Waals surface area contributed by atoms with Crippen molar-refractivity contribution >= 4 is 17.7 Å². The third-order valence-corrected chi connectivity index (χ3v) is 4.85.